The van der Waals surface area contributed by atoms with Gasteiger partial charge < -0.3 is 15.8 Å². The van der Waals surface area contributed by atoms with Crippen LogP contribution in [0.5, 0.6) is 0 Å². The molecule has 1 fully saturated rings. The van der Waals surface area contributed by atoms with E-state index in [1.165, 1.54) is 32.1 Å². The Kier molecular flexibility index (Phi) is 5.95. The molecule has 1 aliphatic rings. The van der Waals surface area contributed by atoms with Crippen molar-refractivity contribution in [3.63, 3.8) is 0 Å². The van der Waals surface area contributed by atoms with E-state index in [4.69, 9.17) is 10.9 Å². The first-order chi connectivity index (χ1) is 8.54. The number of amidine groups is 1. The molecule has 3 N–H and O–H groups in total. The van der Waals surface area contributed by atoms with E-state index in [2.05, 4.69) is 5.16 Å². The van der Waals surface area contributed by atoms with Gasteiger partial charge in [0, 0.05) is 25.9 Å². The fourth-order valence-corrected chi connectivity index (χ4v) is 2.51. The molecule has 1 saturated carbocycles. The molecule has 1 aliphatic carbocycles. The van der Waals surface area contributed by atoms with Gasteiger partial charge in [0.25, 0.3) is 0 Å². The van der Waals surface area contributed by atoms with Crippen molar-refractivity contribution in [1.29, 1.82) is 0 Å². The molecule has 1 atom stereocenters. The second-order valence-electron chi connectivity index (χ2n) is 5.36. The molecule has 0 heterocycles. The van der Waals surface area contributed by atoms with Crippen LogP contribution in [0.25, 0.3) is 0 Å². The lowest BCUT2D eigenvalue weighted by molar-refractivity contribution is -0.132. The summed E-state index contributed by atoms with van der Waals surface area (Å²) in [5.74, 6) is 0.879. The van der Waals surface area contributed by atoms with Crippen LogP contribution in [-0.4, -0.2) is 34.9 Å². The number of hydrogen-bond acceptors (Lipinski definition) is 3. The summed E-state index contributed by atoms with van der Waals surface area (Å²) >= 11 is 0. The van der Waals surface area contributed by atoms with Gasteiger partial charge in [-0.1, -0.05) is 24.4 Å². The van der Waals surface area contributed by atoms with E-state index in [1.807, 2.05) is 6.92 Å². The smallest absolute Gasteiger partial charge is 0.222 e. The van der Waals surface area contributed by atoms with E-state index in [-0.39, 0.29) is 17.8 Å². The summed E-state index contributed by atoms with van der Waals surface area (Å²) in [6.45, 7) is 1.91. The zero-order chi connectivity index (χ0) is 13.5. The Morgan fingerprint density at radius 2 is 2.06 bits per heavy atom. The highest BCUT2D eigenvalue weighted by Crippen LogP contribution is 2.26. The highest BCUT2D eigenvalue weighted by Gasteiger charge is 2.22. The molecule has 18 heavy (non-hydrogen) atoms. The molecule has 0 aromatic carbocycles. The Hall–Kier alpha value is -1.26. The highest BCUT2D eigenvalue weighted by molar-refractivity contribution is 5.81. The number of nitrogens with zero attached hydrogens (tertiary/aromatic N) is 2. The lowest BCUT2D eigenvalue weighted by Gasteiger charge is -2.28. The van der Waals surface area contributed by atoms with Crippen molar-refractivity contribution in [2.24, 2.45) is 16.8 Å². The Labute approximate surface area is 109 Å². The van der Waals surface area contributed by atoms with Crippen LogP contribution >= 0.6 is 0 Å². The Morgan fingerprint density at radius 1 is 1.44 bits per heavy atom. The third-order valence-electron chi connectivity index (χ3n) is 3.88. The van der Waals surface area contributed by atoms with Crippen LogP contribution in [0.15, 0.2) is 5.16 Å². The Balaban J connectivity index is 2.39. The molecule has 0 aromatic heterocycles. The van der Waals surface area contributed by atoms with E-state index in [0.717, 1.165) is 0 Å². The number of nitrogens with two attached hydrogens (primary N) is 1. The third kappa shape index (κ3) is 4.55. The zero-order valence-corrected chi connectivity index (χ0v) is 11.4. The number of oxime groups is 1. The average molecular weight is 255 g/mol. The summed E-state index contributed by atoms with van der Waals surface area (Å²) in [6.07, 6.45) is 7.20. The zero-order valence-electron chi connectivity index (χ0n) is 11.4. The van der Waals surface area contributed by atoms with Crippen LogP contribution in [0.3, 0.4) is 0 Å². The number of amides is 1. The van der Waals surface area contributed by atoms with Gasteiger partial charge in [-0.15, -0.1) is 0 Å². The van der Waals surface area contributed by atoms with Gasteiger partial charge in [0.1, 0.15) is 5.84 Å². The normalized spacial score (nSPS) is 19.6. The van der Waals surface area contributed by atoms with Crippen LogP contribution in [-0.2, 0) is 4.79 Å². The molecule has 0 bridgehead atoms. The van der Waals surface area contributed by atoms with Gasteiger partial charge in [0.15, 0.2) is 0 Å². The first-order valence-corrected chi connectivity index (χ1v) is 6.76. The first-order valence-electron chi connectivity index (χ1n) is 6.76. The fraction of sp³-hybridized carbons (Fsp3) is 0.846. The van der Waals surface area contributed by atoms with Gasteiger partial charge in [-0.25, -0.2) is 0 Å². The van der Waals surface area contributed by atoms with Gasteiger partial charge in [0.2, 0.25) is 5.91 Å². The van der Waals surface area contributed by atoms with Crippen molar-refractivity contribution in [3.05, 3.63) is 0 Å². The predicted molar refractivity (Wildman–Crippen MR) is 71.4 cm³/mol. The molecule has 5 nitrogen and oxygen atoms in total. The second-order valence-corrected chi connectivity index (χ2v) is 5.36. The van der Waals surface area contributed by atoms with E-state index in [1.54, 1.807) is 11.9 Å². The maximum Gasteiger partial charge on any atom is 0.222 e. The second kappa shape index (κ2) is 7.24. The third-order valence-corrected chi connectivity index (χ3v) is 3.88. The maximum absolute atomic E-state index is 12.1. The Morgan fingerprint density at radius 3 is 2.61 bits per heavy atom. The minimum absolute atomic E-state index is 0.0306. The van der Waals surface area contributed by atoms with Gasteiger partial charge in [-0.2, -0.15) is 0 Å². The van der Waals surface area contributed by atoms with Crippen molar-refractivity contribution >= 4 is 11.7 Å². The van der Waals surface area contributed by atoms with Crippen molar-refractivity contribution < 1.29 is 10.0 Å². The quantitative estimate of drug-likeness (QED) is 0.341. The topological polar surface area (TPSA) is 78.9 Å². The lowest BCUT2D eigenvalue weighted by Crippen LogP contribution is -2.38. The van der Waals surface area contributed by atoms with Crippen LogP contribution in [0, 0.1) is 5.92 Å². The van der Waals surface area contributed by atoms with Crippen molar-refractivity contribution in [2.45, 2.75) is 57.9 Å². The van der Waals surface area contributed by atoms with Gasteiger partial charge in [0.05, 0.1) is 0 Å². The predicted octanol–water partition coefficient (Wildman–Crippen LogP) is 1.94. The molecule has 0 radical (unpaired) electrons. The summed E-state index contributed by atoms with van der Waals surface area (Å²) in [7, 11) is 1.79. The summed E-state index contributed by atoms with van der Waals surface area (Å²) in [5.41, 5.74) is 5.46. The monoisotopic (exact) mass is 255 g/mol. The van der Waals surface area contributed by atoms with E-state index in [9.17, 15) is 4.79 Å². The summed E-state index contributed by atoms with van der Waals surface area (Å²) in [6, 6.07) is -0.0306. The maximum atomic E-state index is 12.1. The van der Waals surface area contributed by atoms with Crippen molar-refractivity contribution in [3.8, 4) is 0 Å². The van der Waals surface area contributed by atoms with Crippen molar-refractivity contribution in [2.75, 3.05) is 7.05 Å². The summed E-state index contributed by atoms with van der Waals surface area (Å²) < 4.78 is 0. The molecule has 1 rings (SSSR count). The molecule has 104 valence electrons. The fourth-order valence-electron chi connectivity index (χ4n) is 2.51. The first kappa shape index (κ1) is 14.8. The van der Waals surface area contributed by atoms with Gasteiger partial charge in [-0.3, -0.25) is 4.79 Å². The minimum Gasteiger partial charge on any atom is -0.409 e. The average Bonchev–Trinajstić information content (AvgIpc) is 2.38. The molecule has 0 aliphatic heterocycles. The molecule has 0 aromatic rings. The van der Waals surface area contributed by atoms with Gasteiger partial charge >= 0.3 is 0 Å². The van der Waals surface area contributed by atoms with Crippen LogP contribution < -0.4 is 5.73 Å². The molecular formula is C13H25N3O2. The van der Waals surface area contributed by atoms with E-state index >= 15 is 0 Å². The summed E-state index contributed by atoms with van der Waals surface area (Å²) in [4.78, 5) is 13.8. The minimum atomic E-state index is -0.0306. The highest BCUT2D eigenvalue weighted by atomic mass is 16.4. The number of rotatable bonds is 5. The number of carbonyl (C=O) groups is 1. The van der Waals surface area contributed by atoms with E-state index in [0.29, 0.717) is 18.8 Å². The molecule has 1 amide bonds. The molecule has 0 saturated heterocycles. The van der Waals surface area contributed by atoms with Crippen LogP contribution in [0.1, 0.15) is 51.9 Å². The number of hydrogen-bond donors (Lipinski definition) is 2. The van der Waals surface area contributed by atoms with Gasteiger partial charge in [-0.05, 0) is 25.7 Å². The van der Waals surface area contributed by atoms with Crippen LogP contribution in [0.2, 0.25) is 0 Å². The lowest BCUT2D eigenvalue weighted by atomic mass is 9.86. The largest absolute Gasteiger partial charge is 0.409 e. The molecule has 5 heteroatoms. The standard InChI is InChI=1S/C13H25N3O2/c1-10(8-12(14)15-18)16(2)13(17)9-11-6-4-3-5-7-11/h10-11,18H,3-9H2,1-2H3,(H2,14,15). The molecule has 0 spiro atoms. The Bertz CT molecular complexity index is 299. The van der Waals surface area contributed by atoms with Crippen molar-refractivity contribution in [1.82, 2.24) is 4.90 Å². The molecule has 1 unspecified atom stereocenters. The van der Waals surface area contributed by atoms with Crippen LogP contribution in [0.4, 0.5) is 0 Å². The summed E-state index contributed by atoms with van der Waals surface area (Å²) in [5, 5.41) is 11.5. The number of carbonyl (C=O) groups excluding carboxylic acids is 1. The SMILES string of the molecule is CC(C/C(N)=N/O)N(C)C(=O)CC1CCCCC1. The van der Waals surface area contributed by atoms with E-state index < -0.39 is 0 Å². The molecular weight excluding hydrogens is 230 g/mol.